The van der Waals surface area contributed by atoms with Crippen molar-refractivity contribution in [3.8, 4) is 17.2 Å². The number of benzene rings is 2. The van der Waals surface area contributed by atoms with Gasteiger partial charge in [-0.05, 0) is 38.1 Å². The van der Waals surface area contributed by atoms with Crippen LogP contribution < -0.4 is 14.2 Å². The lowest BCUT2D eigenvalue weighted by Gasteiger charge is -2.19. The summed E-state index contributed by atoms with van der Waals surface area (Å²) in [5.41, 5.74) is 1.15. The Kier molecular flexibility index (Phi) is 8.33. The molecule has 2 aromatic rings. The SMILES string of the molecule is CCOc1ccc(C(=O)OCC(=O)N(C)Cc2ccccc2OC)cc1OCC. The summed E-state index contributed by atoms with van der Waals surface area (Å²) in [6, 6.07) is 12.2. The Morgan fingerprint density at radius 1 is 0.931 bits per heavy atom. The zero-order valence-electron chi connectivity index (χ0n) is 17.3. The molecule has 0 bridgehead atoms. The third-order valence-corrected chi connectivity index (χ3v) is 4.13. The van der Waals surface area contributed by atoms with Crippen LogP contribution in [0.4, 0.5) is 0 Å². The van der Waals surface area contributed by atoms with Crippen LogP contribution in [-0.2, 0) is 16.1 Å². The van der Waals surface area contributed by atoms with E-state index in [0.717, 1.165) is 5.56 Å². The van der Waals surface area contributed by atoms with Crippen molar-refractivity contribution in [2.75, 3.05) is 34.0 Å². The van der Waals surface area contributed by atoms with Crippen LogP contribution in [0.1, 0.15) is 29.8 Å². The number of methoxy groups -OCH3 is 1. The van der Waals surface area contributed by atoms with E-state index in [1.807, 2.05) is 38.1 Å². The van der Waals surface area contributed by atoms with Crippen LogP contribution >= 0.6 is 0 Å². The highest BCUT2D eigenvalue weighted by molar-refractivity contribution is 5.92. The predicted octanol–water partition coefficient (Wildman–Crippen LogP) is 3.31. The maximum atomic E-state index is 12.4. The maximum absolute atomic E-state index is 12.4. The first-order valence-electron chi connectivity index (χ1n) is 9.42. The lowest BCUT2D eigenvalue weighted by molar-refractivity contribution is -0.133. The van der Waals surface area contributed by atoms with Gasteiger partial charge in [0.05, 0.1) is 25.9 Å². The molecule has 2 aromatic carbocycles. The minimum Gasteiger partial charge on any atom is -0.496 e. The Bertz CT molecular complexity index is 836. The van der Waals surface area contributed by atoms with Crippen molar-refractivity contribution in [2.45, 2.75) is 20.4 Å². The van der Waals surface area contributed by atoms with Crippen molar-refractivity contribution in [3.05, 3.63) is 53.6 Å². The predicted molar refractivity (Wildman–Crippen MR) is 109 cm³/mol. The second-order valence-electron chi connectivity index (χ2n) is 6.17. The standard InChI is InChI=1S/C22H27NO6/c1-5-27-19-12-11-16(13-20(19)28-6-2)22(25)29-15-21(24)23(3)14-17-9-7-8-10-18(17)26-4/h7-13H,5-6,14-15H2,1-4H3. The summed E-state index contributed by atoms with van der Waals surface area (Å²) in [6.45, 7) is 4.61. The van der Waals surface area contributed by atoms with Gasteiger partial charge in [0.15, 0.2) is 18.1 Å². The number of nitrogens with zero attached hydrogens (tertiary/aromatic N) is 1. The molecule has 0 aliphatic carbocycles. The van der Waals surface area contributed by atoms with Crippen LogP contribution in [0.3, 0.4) is 0 Å². The van der Waals surface area contributed by atoms with E-state index in [1.165, 1.54) is 4.90 Å². The van der Waals surface area contributed by atoms with Gasteiger partial charge >= 0.3 is 5.97 Å². The second-order valence-corrected chi connectivity index (χ2v) is 6.17. The molecule has 0 radical (unpaired) electrons. The van der Waals surface area contributed by atoms with Gasteiger partial charge in [0.2, 0.25) is 0 Å². The zero-order chi connectivity index (χ0) is 21.2. The van der Waals surface area contributed by atoms with Crippen molar-refractivity contribution in [1.82, 2.24) is 4.90 Å². The van der Waals surface area contributed by atoms with Gasteiger partial charge in [-0.3, -0.25) is 4.79 Å². The minimum absolute atomic E-state index is 0.289. The van der Waals surface area contributed by atoms with Gasteiger partial charge in [-0.2, -0.15) is 0 Å². The van der Waals surface area contributed by atoms with Crippen molar-refractivity contribution in [2.24, 2.45) is 0 Å². The van der Waals surface area contributed by atoms with Crippen LogP contribution in [-0.4, -0.2) is 50.8 Å². The van der Waals surface area contributed by atoms with Crippen LogP contribution in [0.25, 0.3) is 0 Å². The third-order valence-electron chi connectivity index (χ3n) is 4.13. The fourth-order valence-corrected chi connectivity index (χ4v) is 2.68. The molecule has 0 fully saturated rings. The number of hydrogen-bond acceptors (Lipinski definition) is 6. The molecule has 7 nitrogen and oxygen atoms in total. The van der Waals surface area contributed by atoms with Gasteiger partial charge in [0.1, 0.15) is 5.75 Å². The van der Waals surface area contributed by atoms with Crippen LogP contribution in [0.15, 0.2) is 42.5 Å². The first-order chi connectivity index (χ1) is 14.0. The molecular weight excluding hydrogens is 374 g/mol. The van der Waals surface area contributed by atoms with Gasteiger partial charge in [0.25, 0.3) is 5.91 Å². The molecule has 0 aromatic heterocycles. The minimum atomic E-state index is -0.604. The molecule has 0 unspecified atom stereocenters. The second kappa shape index (κ2) is 10.9. The Morgan fingerprint density at radius 3 is 2.31 bits per heavy atom. The first-order valence-corrected chi connectivity index (χ1v) is 9.42. The Balaban J connectivity index is 1.97. The highest BCUT2D eigenvalue weighted by Crippen LogP contribution is 2.28. The van der Waals surface area contributed by atoms with E-state index in [4.69, 9.17) is 18.9 Å². The summed E-state index contributed by atoms with van der Waals surface area (Å²) in [5.74, 6) is 0.789. The molecule has 1 amide bonds. The number of para-hydroxylation sites is 1. The molecule has 0 heterocycles. The number of esters is 1. The Hall–Kier alpha value is -3.22. The summed E-state index contributed by atoms with van der Waals surface area (Å²) in [5, 5.41) is 0. The number of carbonyl (C=O) groups excluding carboxylic acids is 2. The van der Waals surface area contributed by atoms with E-state index in [0.29, 0.717) is 37.0 Å². The molecule has 0 N–H and O–H groups in total. The first kappa shape index (κ1) is 22.1. The monoisotopic (exact) mass is 401 g/mol. The topological polar surface area (TPSA) is 74.3 Å². The van der Waals surface area contributed by atoms with E-state index < -0.39 is 5.97 Å². The number of ether oxygens (including phenoxy) is 4. The molecule has 7 heteroatoms. The van der Waals surface area contributed by atoms with E-state index >= 15 is 0 Å². The lowest BCUT2D eigenvalue weighted by atomic mass is 10.2. The molecular formula is C22H27NO6. The van der Waals surface area contributed by atoms with E-state index in [-0.39, 0.29) is 18.1 Å². The molecule has 0 saturated carbocycles. The van der Waals surface area contributed by atoms with Gasteiger partial charge in [0, 0.05) is 19.2 Å². The van der Waals surface area contributed by atoms with Crippen LogP contribution in [0.5, 0.6) is 17.2 Å². The molecule has 0 aliphatic heterocycles. The van der Waals surface area contributed by atoms with Gasteiger partial charge < -0.3 is 23.8 Å². The molecule has 156 valence electrons. The number of rotatable bonds is 10. The van der Waals surface area contributed by atoms with E-state index in [2.05, 4.69) is 0 Å². The van der Waals surface area contributed by atoms with E-state index in [9.17, 15) is 9.59 Å². The number of carbonyl (C=O) groups is 2. The van der Waals surface area contributed by atoms with Crippen molar-refractivity contribution in [3.63, 3.8) is 0 Å². The normalized spacial score (nSPS) is 10.2. The number of hydrogen-bond donors (Lipinski definition) is 0. The largest absolute Gasteiger partial charge is 0.496 e. The average molecular weight is 401 g/mol. The Morgan fingerprint density at radius 2 is 1.62 bits per heavy atom. The zero-order valence-corrected chi connectivity index (χ0v) is 17.3. The van der Waals surface area contributed by atoms with Gasteiger partial charge in [-0.15, -0.1) is 0 Å². The summed E-state index contributed by atoms with van der Waals surface area (Å²) in [4.78, 5) is 26.2. The molecule has 0 spiro atoms. The van der Waals surface area contributed by atoms with Crippen molar-refractivity contribution >= 4 is 11.9 Å². The molecule has 0 atom stereocenters. The molecule has 0 aliphatic rings. The van der Waals surface area contributed by atoms with E-state index in [1.54, 1.807) is 32.4 Å². The molecule has 0 saturated heterocycles. The summed E-state index contributed by atoms with van der Waals surface area (Å²) in [6.07, 6.45) is 0. The quantitative estimate of drug-likeness (QED) is 0.569. The fourth-order valence-electron chi connectivity index (χ4n) is 2.68. The summed E-state index contributed by atoms with van der Waals surface area (Å²) >= 11 is 0. The average Bonchev–Trinajstić information content (AvgIpc) is 2.73. The van der Waals surface area contributed by atoms with Gasteiger partial charge in [-0.25, -0.2) is 4.79 Å². The highest BCUT2D eigenvalue weighted by Gasteiger charge is 2.17. The molecule has 2 rings (SSSR count). The van der Waals surface area contributed by atoms with Crippen molar-refractivity contribution < 1.29 is 28.5 Å². The maximum Gasteiger partial charge on any atom is 0.338 e. The smallest absolute Gasteiger partial charge is 0.338 e. The fraction of sp³-hybridized carbons (Fsp3) is 0.364. The highest BCUT2D eigenvalue weighted by atomic mass is 16.5. The van der Waals surface area contributed by atoms with Crippen LogP contribution in [0, 0.1) is 0 Å². The summed E-state index contributed by atoms with van der Waals surface area (Å²) < 4.78 is 21.5. The third kappa shape index (κ3) is 6.14. The number of likely N-dealkylation sites (N-methyl/N-ethyl adjacent to an activating group) is 1. The molecule has 29 heavy (non-hydrogen) atoms. The summed E-state index contributed by atoms with van der Waals surface area (Å²) in [7, 11) is 3.22. The van der Waals surface area contributed by atoms with Gasteiger partial charge in [-0.1, -0.05) is 18.2 Å². The number of amides is 1. The van der Waals surface area contributed by atoms with Crippen molar-refractivity contribution in [1.29, 1.82) is 0 Å². The Labute approximate surface area is 171 Å². The van der Waals surface area contributed by atoms with Crippen LogP contribution in [0.2, 0.25) is 0 Å². The lowest BCUT2D eigenvalue weighted by Crippen LogP contribution is -2.31.